The van der Waals surface area contributed by atoms with Crippen molar-refractivity contribution in [2.24, 2.45) is 0 Å². The van der Waals surface area contributed by atoms with Gasteiger partial charge in [0.25, 0.3) is 11.8 Å². The number of nitrogens with zero attached hydrogens (tertiary/aromatic N) is 1. The smallest absolute Gasteiger partial charge is 0.305 e. The van der Waals surface area contributed by atoms with E-state index in [1.165, 1.54) is 11.0 Å². The lowest BCUT2D eigenvalue weighted by Gasteiger charge is -2.18. The van der Waals surface area contributed by atoms with Crippen LogP contribution in [0.25, 0.3) is 6.08 Å². The maximum absolute atomic E-state index is 12.8. The minimum absolute atomic E-state index is 0.128. The first-order valence-electron chi connectivity index (χ1n) is 9.49. The summed E-state index contributed by atoms with van der Waals surface area (Å²) in [6.45, 7) is 3.68. The monoisotopic (exact) mass is 457 g/mol. The minimum Gasteiger partial charge on any atom is -0.305 e. The van der Waals surface area contributed by atoms with Crippen LogP contribution < -0.4 is 4.90 Å². The Balaban J connectivity index is 1.96. The molecule has 0 atom stereocenters. The number of carbonyl (C=O) groups is 2. The summed E-state index contributed by atoms with van der Waals surface area (Å²) in [6, 6.07) is 4.74. The van der Waals surface area contributed by atoms with Crippen molar-refractivity contribution in [1.29, 1.82) is 0 Å². The molecule has 6 nitrogen and oxygen atoms in total. The topological polar surface area (TPSA) is 72.9 Å². The fourth-order valence-corrected chi connectivity index (χ4v) is 5.34. The summed E-state index contributed by atoms with van der Waals surface area (Å²) in [6.07, 6.45) is 4.43. The van der Waals surface area contributed by atoms with Gasteiger partial charge in [0.05, 0.1) is 18.9 Å². The third-order valence-corrected chi connectivity index (χ3v) is 7.69. The van der Waals surface area contributed by atoms with Crippen molar-refractivity contribution in [3.63, 3.8) is 0 Å². The van der Waals surface area contributed by atoms with E-state index in [2.05, 4.69) is 0 Å². The summed E-state index contributed by atoms with van der Waals surface area (Å²) in [5.74, 6) is -0.579. The molecule has 1 aromatic rings. The predicted molar refractivity (Wildman–Crippen MR) is 114 cm³/mol. The first kappa shape index (κ1) is 22.3. The van der Waals surface area contributed by atoms with Crippen molar-refractivity contribution in [2.75, 3.05) is 18.1 Å². The molecule has 1 aromatic carbocycles. The molecule has 1 heterocycles. The highest BCUT2D eigenvalue weighted by Gasteiger charge is 2.39. The van der Waals surface area contributed by atoms with Gasteiger partial charge >= 0.3 is 7.60 Å². The zero-order valence-electron chi connectivity index (χ0n) is 16.2. The second-order valence-electron chi connectivity index (χ2n) is 6.62. The van der Waals surface area contributed by atoms with Gasteiger partial charge in [-0.1, -0.05) is 23.2 Å². The molecule has 3 rings (SSSR count). The number of anilines is 1. The zero-order valence-corrected chi connectivity index (χ0v) is 18.6. The maximum Gasteiger partial charge on any atom is 0.372 e. The third-order valence-electron chi connectivity index (χ3n) is 4.76. The Morgan fingerprint density at radius 1 is 1.10 bits per heavy atom. The minimum atomic E-state index is -3.67. The molecule has 0 spiro atoms. The Kier molecular flexibility index (Phi) is 7.02. The van der Waals surface area contributed by atoms with Crippen molar-refractivity contribution in [2.45, 2.75) is 39.5 Å². The highest BCUT2D eigenvalue weighted by atomic mass is 35.5. The van der Waals surface area contributed by atoms with Crippen LogP contribution in [0.15, 0.2) is 34.1 Å². The van der Waals surface area contributed by atoms with Crippen LogP contribution in [0.2, 0.25) is 5.02 Å². The van der Waals surface area contributed by atoms with Gasteiger partial charge < -0.3 is 9.05 Å². The normalized spacial score (nSPS) is 17.9. The number of carbonyl (C=O) groups excluding carboxylic acids is 2. The van der Waals surface area contributed by atoms with Crippen LogP contribution in [0, 0.1) is 0 Å². The Morgan fingerprint density at radius 3 is 2.17 bits per heavy atom. The molecule has 1 aliphatic heterocycles. The zero-order chi connectivity index (χ0) is 21.2. The largest absolute Gasteiger partial charge is 0.372 e. The standard InChI is InChI=1S/C20H22Cl2NO5P/c1-3-27-29(26,28-4-2)18(22)12-13-11-14(9-10-17(13)21)23-19(24)15-7-5-6-8-16(15)20(23)25/h9-12H,3-8H2,1-2H3/b18-12+. The lowest BCUT2D eigenvalue weighted by Crippen LogP contribution is -2.31. The molecule has 0 N–H and O–H groups in total. The summed E-state index contributed by atoms with van der Waals surface area (Å²) in [5, 5.41) is 0.322. The summed E-state index contributed by atoms with van der Waals surface area (Å²) in [5.41, 5.74) is 1.99. The van der Waals surface area contributed by atoms with E-state index in [0.29, 0.717) is 40.3 Å². The van der Waals surface area contributed by atoms with E-state index >= 15 is 0 Å². The van der Waals surface area contributed by atoms with Gasteiger partial charge in [-0.2, -0.15) is 0 Å². The first-order chi connectivity index (χ1) is 13.8. The fourth-order valence-electron chi connectivity index (χ4n) is 3.46. The molecule has 2 aliphatic rings. The van der Waals surface area contributed by atoms with Crippen molar-refractivity contribution in [1.82, 2.24) is 0 Å². The Bertz CT molecular complexity index is 918. The van der Waals surface area contributed by atoms with Gasteiger partial charge in [-0.25, -0.2) is 4.90 Å². The van der Waals surface area contributed by atoms with Gasteiger partial charge in [-0.3, -0.25) is 14.2 Å². The van der Waals surface area contributed by atoms with Gasteiger partial charge in [0.2, 0.25) is 0 Å². The number of halogens is 2. The van der Waals surface area contributed by atoms with Crippen LogP contribution in [0.5, 0.6) is 0 Å². The van der Waals surface area contributed by atoms with E-state index in [9.17, 15) is 14.2 Å². The average molecular weight is 458 g/mol. The summed E-state index contributed by atoms with van der Waals surface area (Å²) < 4.78 is 23.2. The number of benzene rings is 1. The highest BCUT2D eigenvalue weighted by molar-refractivity contribution is 7.61. The molecular weight excluding hydrogens is 436 g/mol. The predicted octanol–water partition coefficient (Wildman–Crippen LogP) is 5.89. The van der Waals surface area contributed by atoms with E-state index in [1.807, 2.05) is 0 Å². The lowest BCUT2D eigenvalue weighted by atomic mass is 9.93. The summed E-state index contributed by atoms with van der Waals surface area (Å²) in [4.78, 5) is 26.7. The molecule has 0 saturated carbocycles. The molecule has 0 bridgehead atoms. The van der Waals surface area contributed by atoms with Crippen LogP contribution >= 0.6 is 30.8 Å². The Hall–Kier alpha value is -1.43. The first-order valence-corrected chi connectivity index (χ1v) is 11.8. The summed E-state index contributed by atoms with van der Waals surface area (Å²) in [7, 11) is -3.67. The van der Waals surface area contributed by atoms with E-state index in [4.69, 9.17) is 32.2 Å². The second-order valence-corrected chi connectivity index (χ2v) is 9.69. The number of hydrogen-bond acceptors (Lipinski definition) is 5. The molecule has 0 aromatic heterocycles. The average Bonchev–Trinajstić information content (AvgIpc) is 2.95. The number of hydrogen-bond donors (Lipinski definition) is 0. The van der Waals surface area contributed by atoms with E-state index < -0.39 is 7.60 Å². The Morgan fingerprint density at radius 2 is 1.66 bits per heavy atom. The molecular formula is C20H22Cl2NO5P. The Labute approximate surface area is 180 Å². The van der Waals surface area contributed by atoms with E-state index in [1.54, 1.807) is 32.0 Å². The van der Waals surface area contributed by atoms with Gasteiger partial charge in [0.1, 0.15) is 4.77 Å². The van der Waals surface area contributed by atoms with Gasteiger partial charge in [0.15, 0.2) is 0 Å². The molecule has 0 radical (unpaired) electrons. The quantitative estimate of drug-likeness (QED) is 0.377. The van der Waals surface area contributed by atoms with Gasteiger partial charge in [0, 0.05) is 16.2 Å². The molecule has 29 heavy (non-hydrogen) atoms. The van der Waals surface area contributed by atoms with E-state index in [0.717, 1.165) is 12.8 Å². The number of amides is 2. The summed E-state index contributed by atoms with van der Waals surface area (Å²) >= 11 is 12.5. The van der Waals surface area contributed by atoms with Crippen LogP contribution in [0.4, 0.5) is 5.69 Å². The van der Waals surface area contributed by atoms with Crippen LogP contribution in [-0.4, -0.2) is 25.0 Å². The second kappa shape index (κ2) is 9.15. The lowest BCUT2D eigenvalue weighted by molar-refractivity contribution is -0.120. The third kappa shape index (κ3) is 4.37. The van der Waals surface area contributed by atoms with Crippen LogP contribution in [-0.2, 0) is 23.2 Å². The van der Waals surface area contributed by atoms with Gasteiger partial charge in [-0.15, -0.1) is 0 Å². The van der Waals surface area contributed by atoms with Crippen LogP contribution in [0.1, 0.15) is 45.1 Å². The SMILES string of the molecule is CCOP(=O)(OCC)/C(Cl)=C/c1cc(N2C(=O)C3=C(CCCC3)C2=O)ccc1Cl. The van der Waals surface area contributed by atoms with Gasteiger partial charge in [-0.05, 0) is 69.4 Å². The molecule has 0 saturated heterocycles. The fraction of sp³-hybridized carbons (Fsp3) is 0.400. The molecule has 0 fully saturated rings. The molecule has 0 unspecified atom stereocenters. The van der Waals surface area contributed by atoms with Crippen molar-refractivity contribution < 1.29 is 23.2 Å². The van der Waals surface area contributed by atoms with Crippen molar-refractivity contribution in [3.05, 3.63) is 44.7 Å². The maximum atomic E-state index is 12.8. The molecule has 2 amide bonds. The molecule has 156 valence electrons. The number of imide groups is 1. The highest BCUT2D eigenvalue weighted by Crippen LogP contribution is 2.58. The number of rotatable bonds is 7. The van der Waals surface area contributed by atoms with Crippen LogP contribution in [0.3, 0.4) is 0 Å². The molecule has 9 heteroatoms. The van der Waals surface area contributed by atoms with Crippen molar-refractivity contribution in [3.8, 4) is 0 Å². The van der Waals surface area contributed by atoms with Crippen molar-refractivity contribution >= 4 is 54.4 Å². The molecule has 1 aliphatic carbocycles. The van der Waals surface area contributed by atoms with E-state index in [-0.39, 0.29) is 29.8 Å².